The lowest BCUT2D eigenvalue weighted by Gasteiger charge is -2.29. The van der Waals surface area contributed by atoms with E-state index in [0.717, 1.165) is 37.6 Å². The molecule has 0 saturated heterocycles. The van der Waals surface area contributed by atoms with Crippen molar-refractivity contribution in [2.45, 2.75) is 57.9 Å². The molecule has 3 heteroatoms. The van der Waals surface area contributed by atoms with Gasteiger partial charge in [-0.05, 0) is 51.0 Å². The maximum absolute atomic E-state index is 5.26. The molecule has 0 aromatic rings. The molecule has 2 fully saturated rings. The summed E-state index contributed by atoms with van der Waals surface area (Å²) in [7, 11) is 1.81. The minimum absolute atomic E-state index is 0.738. The molecule has 0 aromatic heterocycles. The average molecular weight is 282 g/mol. The van der Waals surface area contributed by atoms with Crippen LogP contribution in [0.2, 0.25) is 0 Å². The van der Waals surface area contributed by atoms with Crippen molar-refractivity contribution in [3.63, 3.8) is 0 Å². The molecule has 0 aromatic carbocycles. The Morgan fingerprint density at radius 3 is 2.50 bits per heavy atom. The zero-order chi connectivity index (χ0) is 14.2. The van der Waals surface area contributed by atoms with Crippen LogP contribution in [0.5, 0.6) is 0 Å². The molecular formula is C17H34N2O. The Labute approximate surface area is 125 Å². The van der Waals surface area contributed by atoms with Gasteiger partial charge >= 0.3 is 0 Å². The highest BCUT2D eigenvalue weighted by atomic mass is 16.5. The van der Waals surface area contributed by atoms with Crippen molar-refractivity contribution in [2.24, 2.45) is 11.8 Å². The lowest BCUT2D eigenvalue weighted by molar-refractivity contribution is 0.117. The van der Waals surface area contributed by atoms with E-state index in [0.29, 0.717) is 0 Å². The van der Waals surface area contributed by atoms with Crippen LogP contribution in [0, 0.1) is 11.8 Å². The zero-order valence-electron chi connectivity index (χ0n) is 13.6. The van der Waals surface area contributed by atoms with Gasteiger partial charge in [0.25, 0.3) is 0 Å². The topological polar surface area (TPSA) is 24.5 Å². The summed E-state index contributed by atoms with van der Waals surface area (Å²) in [6.45, 7) is 7.88. The van der Waals surface area contributed by atoms with Crippen molar-refractivity contribution in [3.05, 3.63) is 0 Å². The van der Waals surface area contributed by atoms with E-state index in [1.54, 1.807) is 7.11 Å². The van der Waals surface area contributed by atoms with Crippen molar-refractivity contribution in [2.75, 3.05) is 39.9 Å². The van der Waals surface area contributed by atoms with Gasteiger partial charge in [-0.15, -0.1) is 0 Å². The Kier molecular flexibility index (Phi) is 7.32. The zero-order valence-corrected chi connectivity index (χ0v) is 13.6. The minimum Gasteiger partial charge on any atom is -0.383 e. The van der Waals surface area contributed by atoms with Gasteiger partial charge in [-0.3, -0.25) is 4.90 Å². The third-order valence-electron chi connectivity index (χ3n) is 5.20. The smallest absolute Gasteiger partial charge is 0.0589 e. The summed E-state index contributed by atoms with van der Waals surface area (Å²) < 4.78 is 5.26. The summed E-state index contributed by atoms with van der Waals surface area (Å²) in [4.78, 5) is 2.62. The molecular weight excluding hydrogens is 248 g/mol. The fourth-order valence-corrected chi connectivity index (χ4v) is 3.52. The Hall–Kier alpha value is -0.120. The Bertz CT molecular complexity index is 249. The second-order valence-electron chi connectivity index (χ2n) is 6.81. The van der Waals surface area contributed by atoms with Crippen LogP contribution >= 0.6 is 0 Å². The third kappa shape index (κ3) is 5.71. The van der Waals surface area contributed by atoms with Gasteiger partial charge in [0.15, 0.2) is 0 Å². The molecule has 0 spiro atoms. The van der Waals surface area contributed by atoms with Gasteiger partial charge in [0.2, 0.25) is 0 Å². The molecule has 1 unspecified atom stereocenters. The number of hydrogen-bond acceptors (Lipinski definition) is 3. The predicted octanol–water partition coefficient (Wildman–Crippen LogP) is 2.90. The van der Waals surface area contributed by atoms with Crippen LogP contribution in [0.4, 0.5) is 0 Å². The van der Waals surface area contributed by atoms with Crippen molar-refractivity contribution >= 4 is 0 Å². The first-order chi connectivity index (χ1) is 9.81. The van der Waals surface area contributed by atoms with E-state index in [1.165, 1.54) is 58.0 Å². The quantitative estimate of drug-likeness (QED) is 0.624. The lowest BCUT2D eigenvalue weighted by Crippen LogP contribution is -2.42. The molecule has 20 heavy (non-hydrogen) atoms. The Morgan fingerprint density at radius 1 is 1.10 bits per heavy atom. The van der Waals surface area contributed by atoms with E-state index >= 15 is 0 Å². The molecule has 118 valence electrons. The second kappa shape index (κ2) is 9.01. The van der Waals surface area contributed by atoms with E-state index in [-0.39, 0.29) is 0 Å². The van der Waals surface area contributed by atoms with Crippen LogP contribution < -0.4 is 5.32 Å². The number of nitrogens with zero attached hydrogens (tertiary/aromatic N) is 1. The Balaban J connectivity index is 1.60. The number of hydrogen-bond donors (Lipinski definition) is 1. The highest BCUT2D eigenvalue weighted by Gasteiger charge is 2.31. The predicted molar refractivity (Wildman–Crippen MR) is 85.1 cm³/mol. The molecule has 0 amide bonds. The monoisotopic (exact) mass is 282 g/mol. The van der Waals surface area contributed by atoms with Crippen LogP contribution in [-0.2, 0) is 4.74 Å². The van der Waals surface area contributed by atoms with E-state index in [4.69, 9.17) is 4.74 Å². The summed E-state index contributed by atoms with van der Waals surface area (Å²) in [5, 5.41) is 3.69. The van der Waals surface area contributed by atoms with Crippen LogP contribution in [0.3, 0.4) is 0 Å². The van der Waals surface area contributed by atoms with Crippen molar-refractivity contribution in [3.8, 4) is 0 Å². The maximum Gasteiger partial charge on any atom is 0.0589 e. The number of ether oxygens (including phenoxy) is 1. The average Bonchev–Trinajstić information content (AvgIpc) is 3.31. The Morgan fingerprint density at radius 2 is 1.85 bits per heavy atom. The van der Waals surface area contributed by atoms with Gasteiger partial charge in [-0.2, -0.15) is 0 Å². The van der Waals surface area contributed by atoms with Crippen LogP contribution in [-0.4, -0.2) is 50.8 Å². The molecule has 2 aliphatic rings. The number of rotatable bonds is 10. The first-order valence-corrected chi connectivity index (χ1v) is 8.75. The summed E-state index contributed by atoms with van der Waals surface area (Å²) in [6.07, 6.45) is 10.1. The molecule has 0 bridgehead atoms. The highest BCUT2D eigenvalue weighted by molar-refractivity contribution is 4.85. The molecule has 3 nitrogen and oxygen atoms in total. The fraction of sp³-hybridized carbons (Fsp3) is 1.00. The summed E-state index contributed by atoms with van der Waals surface area (Å²) in [5.74, 6) is 1.89. The minimum atomic E-state index is 0.738. The van der Waals surface area contributed by atoms with Crippen molar-refractivity contribution in [1.82, 2.24) is 10.2 Å². The van der Waals surface area contributed by atoms with Crippen LogP contribution in [0.15, 0.2) is 0 Å². The van der Waals surface area contributed by atoms with Crippen LogP contribution in [0.1, 0.15) is 51.9 Å². The molecule has 2 rings (SSSR count). The molecule has 0 heterocycles. The molecule has 0 aliphatic heterocycles. The molecule has 2 aliphatic carbocycles. The molecule has 0 radical (unpaired) electrons. The number of nitrogens with one attached hydrogen (secondary N) is 1. The molecule has 2 saturated carbocycles. The first kappa shape index (κ1) is 16.3. The van der Waals surface area contributed by atoms with Gasteiger partial charge in [-0.1, -0.05) is 19.3 Å². The highest BCUT2D eigenvalue weighted by Crippen LogP contribution is 2.34. The van der Waals surface area contributed by atoms with Crippen molar-refractivity contribution in [1.29, 1.82) is 0 Å². The van der Waals surface area contributed by atoms with E-state index < -0.39 is 0 Å². The van der Waals surface area contributed by atoms with E-state index in [2.05, 4.69) is 17.1 Å². The SMILES string of the molecule is COCCN(CCNCC1CCCCC1)C(C)C1CC1. The van der Waals surface area contributed by atoms with Gasteiger partial charge in [0.1, 0.15) is 0 Å². The largest absolute Gasteiger partial charge is 0.383 e. The lowest BCUT2D eigenvalue weighted by atomic mass is 9.89. The normalized spacial score (nSPS) is 22.4. The summed E-state index contributed by atoms with van der Waals surface area (Å²) in [5.41, 5.74) is 0. The van der Waals surface area contributed by atoms with Gasteiger partial charge in [0.05, 0.1) is 6.61 Å². The van der Waals surface area contributed by atoms with E-state index in [9.17, 15) is 0 Å². The second-order valence-corrected chi connectivity index (χ2v) is 6.81. The first-order valence-electron chi connectivity index (χ1n) is 8.75. The number of methoxy groups -OCH3 is 1. The van der Waals surface area contributed by atoms with E-state index in [1.807, 2.05) is 0 Å². The standard InChI is InChI=1S/C17H34N2O/c1-15(17-8-9-17)19(12-13-20-2)11-10-18-14-16-6-4-3-5-7-16/h15-18H,3-14H2,1-2H3. The summed E-state index contributed by atoms with van der Waals surface area (Å²) in [6, 6.07) is 0.738. The van der Waals surface area contributed by atoms with Crippen LogP contribution in [0.25, 0.3) is 0 Å². The molecule has 1 atom stereocenters. The molecule has 1 N–H and O–H groups in total. The maximum atomic E-state index is 5.26. The van der Waals surface area contributed by atoms with Gasteiger partial charge in [-0.25, -0.2) is 0 Å². The third-order valence-corrected chi connectivity index (χ3v) is 5.20. The van der Waals surface area contributed by atoms with Gasteiger partial charge < -0.3 is 10.1 Å². The van der Waals surface area contributed by atoms with Crippen molar-refractivity contribution < 1.29 is 4.74 Å². The van der Waals surface area contributed by atoms with Gasteiger partial charge in [0, 0.05) is 32.8 Å². The summed E-state index contributed by atoms with van der Waals surface area (Å²) >= 11 is 0. The fourth-order valence-electron chi connectivity index (χ4n) is 3.52.